The molecule has 0 saturated carbocycles. The summed E-state index contributed by atoms with van der Waals surface area (Å²) in [6.07, 6.45) is 1.87. The molecule has 0 bridgehead atoms. The number of piperidine rings is 1. The van der Waals surface area contributed by atoms with E-state index in [4.69, 9.17) is 0 Å². The molecule has 2 aliphatic rings. The van der Waals surface area contributed by atoms with Crippen LogP contribution >= 0.6 is 0 Å². The maximum atomic E-state index is 11.1. The first kappa shape index (κ1) is 8.20. The Morgan fingerprint density at radius 2 is 2.25 bits per heavy atom. The van der Waals surface area contributed by atoms with Crippen molar-refractivity contribution in [1.82, 2.24) is 9.80 Å². The molecule has 12 heavy (non-hydrogen) atoms. The first-order chi connectivity index (χ1) is 5.75. The lowest BCUT2D eigenvalue weighted by Gasteiger charge is -2.42. The standard InChI is InChI=1S/C9H16N2O/c1-10-4-5-11-7-9(12)3-2-8(11)6-10/h8H,2-7H2,1H3. The number of piperazine rings is 1. The number of carbonyl (C=O) groups is 1. The Morgan fingerprint density at radius 1 is 1.42 bits per heavy atom. The summed E-state index contributed by atoms with van der Waals surface area (Å²) >= 11 is 0. The molecule has 2 heterocycles. The fourth-order valence-electron chi connectivity index (χ4n) is 2.16. The third-order valence-corrected chi connectivity index (χ3v) is 2.94. The molecule has 68 valence electrons. The first-order valence-corrected chi connectivity index (χ1v) is 4.70. The number of ketones is 1. The Labute approximate surface area is 73.3 Å². The molecule has 2 aliphatic heterocycles. The van der Waals surface area contributed by atoms with Crippen molar-refractivity contribution in [2.24, 2.45) is 0 Å². The summed E-state index contributed by atoms with van der Waals surface area (Å²) in [4.78, 5) is 15.8. The third-order valence-electron chi connectivity index (χ3n) is 2.94. The summed E-state index contributed by atoms with van der Waals surface area (Å²) in [5.41, 5.74) is 0. The summed E-state index contributed by atoms with van der Waals surface area (Å²) in [5.74, 6) is 0.427. The van der Waals surface area contributed by atoms with Gasteiger partial charge in [0, 0.05) is 32.1 Å². The van der Waals surface area contributed by atoms with E-state index in [1.54, 1.807) is 0 Å². The van der Waals surface area contributed by atoms with Gasteiger partial charge in [-0.25, -0.2) is 0 Å². The Bertz CT molecular complexity index is 193. The van der Waals surface area contributed by atoms with Gasteiger partial charge in [-0.05, 0) is 13.5 Å². The van der Waals surface area contributed by atoms with Crippen molar-refractivity contribution in [3.63, 3.8) is 0 Å². The predicted octanol–water partition coefficient (Wildman–Crippen LogP) is -0.0347. The highest BCUT2D eigenvalue weighted by molar-refractivity contribution is 5.81. The van der Waals surface area contributed by atoms with Gasteiger partial charge in [0.15, 0.2) is 0 Å². The van der Waals surface area contributed by atoms with Crippen molar-refractivity contribution < 1.29 is 4.79 Å². The average molecular weight is 168 g/mol. The molecule has 0 aromatic carbocycles. The van der Waals surface area contributed by atoms with Gasteiger partial charge in [-0.15, -0.1) is 0 Å². The van der Waals surface area contributed by atoms with E-state index in [1.165, 1.54) is 0 Å². The maximum Gasteiger partial charge on any atom is 0.146 e. The van der Waals surface area contributed by atoms with E-state index < -0.39 is 0 Å². The topological polar surface area (TPSA) is 23.6 Å². The summed E-state index contributed by atoms with van der Waals surface area (Å²) < 4.78 is 0. The van der Waals surface area contributed by atoms with Crippen LogP contribution in [0.2, 0.25) is 0 Å². The van der Waals surface area contributed by atoms with Crippen LogP contribution in [-0.4, -0.2) is 54.9 Å². The van der Waals surface area contributed by atoms with Gasteiger partial charge in [0.1, 0.15) is 5.78 Å². The predicted molar refractivity (Wildman–Crippen MR) is 47.1 cm³/mol. The van der Waals surface area contributed by atoms with Gasteiger partial charge in [-0.1, -0.05) is 0 Å². The second-order valence-corrected chi connectivity index (χ2v) is 3.96. The zero-order valence-corrected chi connectivity index (χ0v) is 7.62. The van der Waals surface area contributed by atoms with Gasteiger partial charge in [0.2, 0.25) is 0 Å². The summed E-state index contributed by atoms with van der Waals surface area (Å²) in [7, 11) is 2.16. The van der Waals surface area contributed by atoms with E-state index in [9.17, 15) is 4.79 Å². The highest BCUT2D eigenvalue weighted by atomic mass is 16.1. The first-order valence-electron chi connectivity index (χ1n) is 4.70. The third kappa shape index (κ3) is 1.52. The lowest BCUT2D eigenvalue weighted by molar-refractivity contribution is -0.124. The van der Waals surface area contributed by atoms with Crippen LogP contribution in [0, 0.1) is 0 Å². The van der Waals surface area contributed by atoms with Crippen LogP contribution in [0.15, 0.2) is 0 Å². The van der Waals surface area contributed by atoms with E-state index in [2.05, 4.69) is 16.8 Å². The molecule has 2 saturated heterocycles. The molecule has 0 amide bonds. The second kappa shape index (κ2) is 3.15. The highest BCUT2D eigenvalue weighted by Gasteiger charge is 2.30. The Kier molecular flexibility index (Phi) is 2.15. The largest absolute Gasteiger partial charge is 0.304 e. The van der Waals surface area contributed by atoms with Crippen LogP contribution in [0.5, 0.6) is 0 Å². The molecule has 0 N–H and O–H groups in total. The fourth-order valence-corrected chi connectivity index (χ4v) is 2.16. The minimum Gasteiger partial charge on any atom is -0.304 e. The van der Waals surface area contributed by atoms with E-state index in [-0.39, 0.29) is 0 Å². The smallest absolute Gasteiger partial charge is 0.146 e. The van der Waals surface area contributed by atoms with Gasteiger partial charge in [0.25, 0.3) is 0 Å². The number of hydrogen-bond donors (Lipinski definition) is 0. The molecule has 2 rings (SSSR count). The molecule has 0 radical (unpaired) electrons. The van der Waals surface area contributed by atoms with Crippen LogP contribution in [0.4, 0.5) is 0 Å². The molecule has 0 aromatic heterocycles. The van der Waals surface area contributed by atoms with Gasteiger partial charge in [0.05, 0.1) is 6.54 Å². The number of Topliss-reactive ketones (excluding diaryl/α,β-unsaturated/α-hetero) is 1. The summed E-state index contributed by atoms with van der Waals surface area (Å²) in [6, 6.07) is 0.654. The van der Waals surface area contributed by atoms with Crippen LogP contribution in [-0.2, 0) is 4.79 Å². The van der Waals surface area contributed by atoms with Crippen LogP contribution < -0.4 is 0 Å². The van der Waals surface area contributed by atoms with Crippen LogP contribution in [0.1, 0.15) is 12.8 Å². The van der Waals surface area contributed by atoms with Crippen molar-refractivity contribution in [1.29, 1.82) is 0 Å². The van der Waals surface area contributed by atoms with Crippen molar-refractivity contribution >= 4 is 5.78 Å². The normalized spacial score (nSPS) is 33.4. The number of likely N-dealkylation sites (N-methyl/N-ethyl adjacent to an activating group) is 1. The molecule has 3 nitrogen and oxygen atoms in total. The van der Waals surface area contributed by atoms with Crippen molar-refractivity contribution in [3.05, 3.63) is 0 Å². The van der Waals surface area contributed by atoms with Gasteiger partial charge in [-0.2, -0.15) is 0 Å². The quantitative estimate of drug-likeness (QED) is 0.507. The van der Waals surface area contributed by atoms with E-state index in [1.807, 2.05) is 0 Å². The number of carbonyl (C=O) groups excluding carboxylic acids is 1. The van der Waals surface area contributed by atoms with Crippen LogP contribution in [0.3, 0.4) is 0 Å². The monoisotopic (exact) mass is 168 g/mol. The molecule has 0 aromatic rings. The molecule has 2 fully saturated rings. The molecule has 0 aliphatic carbocycles. The average Bonchev–Trinajstić information content (AvgIpc) is 2.05. The highest BCUT2D eigenvalue weighted by Crippen LogP contribution is 2.18. The SMILES string of the molecule is CN1CCN2CC(=O)CCC2C1. The van der Waals surface area contributed by atoms with Crippen molar-refractivity contribution in [2.75, 3.05) is 33.2 Å². The number of rotatable bonds is 0. The molecular weight excluding hydrogens is 152 g/mol. The Balaban J connectivity index is 1.98. The second-order valence-electron chi connectivity index (χ2n) is 3.96. The number of nitrogens with zero attached hydrogens (tertiary/aromatic N) is 2. The zero-order valence-electron chi connectivity index (χ0n) is 7.62. The molecular formula is C9H16N2O. The summed E-state index contributed by atoms with van der Waals surface area (Å²) in [5, 5.41) is 0. The van der Waals surface area contributed by atoms with E-state index in [0.29, 0.717) is 18.4 Å². The number of fused-ring (bicyclic) bond motifs is 1. The van der Waals surface area contributed by atoms with Crippen LogP contribution in [0.25, 0.3) is 0 Å². The lowest BCUT2D eigenvalue weighted by atomic mass is 9.99. The van der Waals surface area contributed by atoms with Gasteiger partial charge >= 0.3 is 0 Å². The van der Waals surface area contributed by atoms with Crippen molar-refractivity contribution in [3.8, 4) is 0 Å². The molecule has 1 unspecified atom stereocenters. The van der Waals surface area contributed by atoms with Gasteiger partial charge < -0.3 is 4.90 Å². The minimum atomic E-state index is 0.427. The van der Waals surface area contributed by atoms with Crippen molar-refractivity contribution in [2.45, 2.75) is 18.9 Å². The molecule has 3 heteroatoms. The van der Waals surface area contributed by atoms with E-state index in [0.717, 1.165) is 32.5 Å². The Morgan fingerprint density at radius 3 is 3.08 bits per heavy atom. The lowest BCUT2D eigenvalue weighted by Crippen LogP contribution is -2.55. The minimum absolute atomic E-state index is 0.427. The molecule has 1 atom stereocenters. The summed E-state index contributed by atoms with van der Waals surface area (Å²) in [6.45, 7) is 4.04. The Hall–Kier alpha value is -0.410. The maximum absolute atomic E-state index is 11.1. The van der Waals surface area contributed by atoms with E-state index >= 15 is 0 Å². The zero-order chi connectivity index (χ0) is 8.55. The molecule has 0 spiro atoms. The fraction of sp³-hybridized carbons (Fsp3) is 0.889. The van der Waals surface area contributed by atoms with Gasteiger partial charge in [-0.3, -0.25) is 9.69 Å². The number of hydrogen-bond acceptors (Lipinski definition) is 3.